The van der Waals surface area contributed by atoms with Crippen LogP contribution >= 0.6 is 0 Å². The maximum atomic E-state index is 11.3. The molecular formula is C11H24N4O2Si2. The summed E-state index contributed by atoms with van der Waals surface area (Å²) < 4.78 is 0. The minimum atomic E-state index is -0.244. The first-order valence-electron chi connectivity index (χ1n) is 6.53. The smallest absolute Gasteiger partial charge is 0.316 e. The van der Waals surface area contributed by atoms with Crippen LogP contribution in [0.3, 0.4) is 0 Å². The van der Waals surface area contributed by atoms with E-state index in [1.54, 1.807) is 0 Å². The highest BCUT2D eigenvalue weighted by atomic mass is 28.2. The molecule has 0 spiro atoms. The van der Waals surface area contributed by atoms with Gasteiger partial charge in [-0.3, -0.25) is 0 Å². The summed E-state index contributed by atoms with van der Waals surface area (Å²) in [4.78, 5) is 22.6. The molecule has 0 atom stereocenters. The third-order valence-corrected chi connectivity index (χ3v) is 3.98. The number of hydrogen-bond donors (Lipinski definition) is 4. The monoisotopic (exact) mass is 300 g/mol. The lowest BCUT2D eigenvalue weighted by Crippen LogP contribution is -2.46. The van der Waals surface area contributed by atoms with Crippen molar-refractivity contribution in [1.82, 2.24) is 21.3 Å². The van der Waals surface area contributed by atoms with E-state index in [-0.39, 0.29) is 18.7 Å². The van der Waals surface area contributed by atoms with Crippen LogP contribution in [0.5, 0.6) is 0 Å². The molecule has 4 radical (unpaired) electrons. The van der Waals surface area contributed by atoms with E-state index in [4.69, 9.17) is 0 Å². The molecule has 0 aromatic carbocycles. The van der Waals surface area contributed by atoms with Gasteiger partial charge in [-0.15, -0.1) is 0 Å². The van der Waals surface area contributed by atoms with Crippen LogP contribution in [0.2, 0.25) is 25.2 Å². The molecule has 0 rings (SSSR count). The molecule has 0 aliphatic carbocycles. The van der Waals surface area contributed by atoms with Crippen molar-refractivity contribution >= 4 is 31.1 Å². The minimum absolute atomic E-state index is 0.142. The van der Waals surface area contributed by atoms with Crippen LogP contribution < -0.4 is 21.3 Å². The van der Waals surface area contributed by atoms with E-state index in [1.807, 2.05) is 0 Å². The van der Waals surface area contributed by atoms with Crippen molar-refractivity contribution in [2.45, 2.75) is 38.0 Å². The lowest BCUT2D eigenvalue weighted by atomic mass is 10.5. The average Bonchev–Trinajstić information content (AvgIpc) is 2.40. The van der Waals surface area contributed by atoms with Crippen molar-refractivity contribution in [3.8, 4) is 0 Å². The highest BCUT2D eigenvalue weighted by Gasteiger charge is 2.01. The number of hydrogen-bond acceptors (Lipinski definition) is 2. The van der Waals surface area contributed by atoms with Gasteiger partial charge in [0.1, 0.15) is 0 Å². The third kappa shape index (κ3) is 13.2. The fourth-order valence-corrected chi connectivity index (χ4v) is 2.32. The molecule has 0 aromatic heterocycles. The van der Waals surface area contributed by atoms with Crippen LogP contribution in [0.1, 0.15) is 12.8 Å². The zero-order chi connectivity index (χ0) is 14.3. The van der Waals surface area contributed by atoms with Crippen molar-refractivity contribution in [3.05, 3.63) is 0 Å². The molecule has 6 nitrogen and oxygen atoms in total. The second kappa shape index (κ2) is 13.4. The van der Waals surface area contributed by atoms with E-state index in [0.717, 1.165) is 44.0 Å². The summed E-state index contributed by atoms with van der Waals surface area (Å²) in [6.45, 7) is 5.78. The Balaban J connectivity index is 3.35. The molecule has 0 bridgehead atoms. The second-order valence-corrected chi connectivity index (χ2v) is 6.37. The lowest BCUT2D eigenvalue weighted by Gasteiger charge is -2.09. The number of rotatable bonds is 10. The molecule has 4 N–H and O–H groups in total. The number of urea groups is 2. The van der Waals surface area contributed by atoms with Gasteiger partial charge in [0.25, 0.3) is 0 Å². The summed E-state index contributed by atoms with van der Waals surface area (Å²) >= 11 is 0. The molecule has 0 aliphatic rings. The van der Waals surface area contributed by atoms with Gasteiger partial charge in [-0.05, 0) is 12.8 Å². The molecule has 4 amide bonds. The first-order chi connectivity index (χ1) is 9.20. The highest BCUT2D eigenvalue weighted by Crippen LogP contribution is 1.85. The zero-order valence-corrected chi connectivity index (χ0v) is 13.8. The molecule has 0 aliphatic heterocycles. The van der Waals surface area contributed by atoms with E-state index < -0.39 is 0 Å². The molecule has 8 heteroatoms. The van der Waals surface area contributed by atoms with E-state index in [0.29, 0.717) is 13.1 Å². The third-order valence-electron chi connectivity index (χ3n) is 2.28. The van der Waals surface area contributed by atoms with Crippen molar-refractivity contribution in [1.29, 1.82) is 0 Å². The summed E-state index contributed by atoms with van der Waals surface area (Å²) in [5, 5.41) is 10.6. The first kappa shape index (κ1) is 18.0. The van der Waals surface area contributed by atoms with Crippen LogP contribution in [-0.4, -0.2) is 50.9 Å². The van der Waals surface area contributed by atoms with E-state index in [2.05, 4.69) is 34.4 Å². The Bertz CT molecular complexity index is 231. The molecule has 0 saturated carbocycles. The van der Waals surface area contributed by atoms with Crippen molar-refractivity contribution in [2.75, 3.05) is 19.8 Å². The fraction of sp³-hybridized carbons (Fsp3) is 0.818. The van der Waals surface area contributed by atoms with Gasteiger partial charge < -0.3 is 21.3 Å². The van der Waals surface area contributed by atoms with Gasteiger partial charge in [-0.25, -0.2) is 9.59 Å². The summed E-state index contributed by atoms with van der Waals surface area (Å²) in [5.41, 5.74) is 0. The van der Waals surface area contributed by atoms with Crippen LogP contribution in [0.4, 0.5) is 9.59 Å². The molecule has 108 valence electrons. The summed E-state index contributed by atoms with van der Waals surface area (Å²) in [7, 11) is 1.84. The summed E-state index contributed by atoms with van der Waals surface area (Å²) in [5.74, 6) is 0. The molecule has 19 heavy (non-hydrogen) atoms. The fourth-order valence-electron chi connectivity index (χ4n) is 1.26. The van der Waals surface area contributed by atoms with Crippen LogP contribution in [0.25, 0.3) is 0 Å². The largest absolute Gasteiger partial charge is 0.338 e. The number of amides is 4. The second-order valence-electron chi connectivity index (χ2n) is 3.96. The number of nitrogens with one attached hydrogen (secondary N) is 4. The Morgan fingerprint density at radius 2 is 1.21 bits per heavy atom. The predicted octanol–water partition coefficient (Wildman–Crippen LogP) is 0.664. The van der Waals surface area contributed by atoms with Gasteiger partial charge in [-0.2, -0.15) is 0 Å². The number of carbonyl (C=O) groups excluding carboxylic acids is 2. The van der Waals surface area contributed by atoms with Gasteiger partial charge in [0.2, 0.25) is 0 Å². The zero-order valence-electron chi connectivity index (χ0n) is 11.8. The molecule has 0 saturated heterocycles. The Morgan fingerprint density at radius 1 is 0.789 bits per heavy atom. The van der Waals surface area contributed by atoms with Crippen molar-refractivity contribution < 1.29 is 9.59 Å². The Labute approximate surface area is 120 Å². The highest BCUT2D eigenvalue weighted by molar-refractivity contribution is 6.33. The number of carbonyl (C=O) groups is 2. The molecule has 0 unspecified atom stereocenters. The van der Waals surface area contributed by atoms with Crippen molar-refractivity contribution in [2.24, 2.45) is 0 Å². The van der Waals surface area contributed by atoms with E-state index in [9.17, 15) is 9.59 Å². The maximum Gasteiger partial charge on any atom is 0.316 e. The van der Waals surface area contributed by atoms with Crippen molar-refractivity contribution in [3.63, 3.8) is 0 Å². The van der Waals surface area contributed by atoms with Crippen LogP contribution in [0.15, 0.2) is 0 Å². The molecular weight excluding hydrogens is 276 g/mol. The van der Waals surface area contributed by atoms with Gasteiger partial charge in [0.05, 0.1) is 6.67 Å². The topological polar surface area (TPSA) is 82.3 Å². The molecule has 0 aromatic rings. The average molecular weight is 301 g/mol. The summed E-state index contributed by atoms with van der Waals surface area (Å²) in [6, 6.07) is 1.79. The molecule has 0 fully saturated rings. The quantitative estimate of drug-likeness (QED) is 0.272. The summed E-state index contributed by atoms with van der Waals surface area (Å²) in [6.07, 6.45) is 1.99. The van der Waals surface area contributed by atoms with E-state index >= 15 is 0 Å². The van der Waals surface area contributed by atoms with Gasteiger partial charge in [0, 0.05) is 32.1 Å². The lowest BCUT2D eigenvalue weighted by molar-refractivity contribution is 0.234. The predicted molar refractivity (Wildman–Crippen MR) is 80.0 cm³/mol. The first-order valence-corrected chi connectivity index (χ1v) is 9.94. The molecule has 0 heterocycles. The SMILES string of the molecule is C[Si]CCCNC(=O)NCNC(=O)NCCC[Si]C. The van der Waals surface area contributed by atoms with Gasteiger partial charge in [0.15, 0.2) is 0 Å². The normalized spacial score (nSPS) is 9.79. The standard InChI is InChI=1S/C11H24N4O2Si2/c1-18-7-3-5-12-10(16)14-9-15-11(17)13-6-4-8-19-2/h3-9H2,1-2H3,(H2,12,14,16)(H2,13,15,17). The Morgan fingerprint density at radius 3 is 1.58 bits per heavy atom. The maximum absolute atomic E-state index is 11.3. The Kier molecular flexibility index (Phi) is 12.7. The minimum Gasteiger partial charge on any atom is -0.338 e. The van der Waals surface area contributed by atoms with Gasteiger partial charge in [-0.1, -0.05) is 25.2 Å². The van der Waals surface area contributed by atoms with Crippen LogP contribution in [0, 0.1) is 0 Å². The Hall–Kier alpha value is -1.03. The van der Waals surface area contributed by atoms with E-state index in [1.165, 1.54) is 0 Å². The van der Waals surface area contributed by atoms with Gasteiger partial charge >= 0.3 is 12.1 Å². The van der Waals surface area contributed by atoms with Crippen LogP contribution in [-0.2, 0) is 0 Å².